The molecule has 178 valence electrons. The van der Waals surface area contributed by atoms with Crippen molar-refractivity contribution in [3.63, 3.8) is 0 Å². The SMILES string of the molecule is CSNc1nccc(COc2ccc(C(C)(C)c3cc(Cl)c(OCCCCl)c(C#N)c3)cc2)n1. The van der Waals surface area contributed by atoms with Gasteiger partial charge in [-0.05, 0) is 47.9 Å². The molecule has 0 radical (unpaired) electrons. The maximum Gasteiger partial charge on any atom is 0.233 e. The number of anilines is 1. The first kappa shape index (κ1) is 26.0. The molecule has 0 saturated heterocycles. The number of nitrogens with zero attached hydrogens (tertiary/aromatic N) is 3. The molecule has 1 N–H and O–H groups in total. The number of rotatable bonds is 11. The summed E-state index contributed by atoms with van der Waals surface area (Å²) in [4.78, 5) is 8.56. The summed E-state index contributed by atoms with van der Waals surface area (Å²) in [5, 5.41) is 10.1. The van der Waals surface area contributed by atoms with Crippen molar-refractivity contribution in [2.24, 2.45) is 0 Å². The molecule has 3 rings (SSSR count). The van der Waals surface area contributed by atoms with E-state index in [2.05, 4.69) is 34.6 Å². The fourth-order valence-electron chi connectivity index (χ4n) is 3.32. The van der Waals surface area contributed by atoms with E-state index in [1.165, 1.54) is 11.9 Å². The summed E-state index contributed by atoms with van der Waals surface area (Å²) in [5.74, 6) is 2.17. The summed E-state index contributed by atoms with van der Waals surface area (Å²) in [6, 6.07) is 15.6. The fourth-order valence-corrected chi connectivity index (χ4v) is 3.99. The second-order valence-electron chi connectivity index (χ2n) is 7.95. The van der Waals surface area contributed by atoms with Gasteiger partial charge >= 0.3 is 0 Å². The van der Waals surface area contributed by atoms with E-state index in [4.69, 9.17) is 32.7 Å². The predicted molar refractivity (Wildman–Crippen MR) is 139 cm³/mol. The van der Waals surface area contributed by atoms with Crippen molar-refractivity contribution in [1.82, 2.24) is 9.97 Å². The lowest BCUT2D eigenvalue weighted by atomic mass is 9.77. The molecule has 1 aromatic heterocycles. The van der Waals surface area contributed by atoms with Crippen LogP contribution in [0.1, 0.15) is 42.7 Å². The molecular weight excluding hydrogens is 491 g/mol. The largest absolute Gasteiger partial charge is 0.491 e. The Labute approximate surface area is 214 Å². The number of aromatic nitrogens is 2. The Kier molecular flexibility index (Phi) is 9.28. The molecule has 0 atom stereocenters. The molecule has 0 unspecified atom stereocenters. The average molecular weight is 517 g/mol. The molecule has 9 heteroatoms. The minimum absolute atomic E-state index is 0.334. The lowest BCUT2D eigenvalue weighted by molar-refractivity contribution is 0.301. The van der Waals surface area contributed by atoms with Gasteiger partial charge in [0.2, 0.25) is 5.95 Å². The number of ether oxygens (including phenoxy) is 2. The average Bonchev–Trinajstić information content (AvgIpc) is 2.84. The van der Waals surface area contributed by atoms with Gasteiger partial charge in [-0.2, -0.15) is 5.26 Å². The van der Waals surface area contributed by atoms with Crippen LogP contribution < -0.4 is 14.2 Å². The van der Waals surface area contributed by atoms with Gasteiger partial charge in [0.15, 0.2) is 5.75 Å². The van der Waals surface area contributed by atoms with Gasteiger partial charge < -0.3 is 9.47 Å². The fraction of sp³-hybridized carbons (Fsp3) is 0.320. The van der Waals surface area contributed by atoms with Gasteiger partial charge in [-0.1, -0.05) is 49.5 Å². The van der Waals surface area contributed by atoms with Crippen LogP contribution >= 0.6 is 35.1 Å². The molecule has 0 spiro atoms. The van der Waals surface area contributed by atoms with Crippen molar-refractivity contribution < 1.29 is 9.47 Å². The Bertz CT molecular complexity index is 1150. The summed E-state index contributed by atoms with van der Waals surface area (Å²) in [6.07, 6.45) is 4.29. The quantitative estimate of drug-likeness (QED) is 0.174. The topological polar surface area (TPSA) is 80.1 Å². The second-order valence-corrected chi connectivity index (χ2v) is 9.35. The number of alkyl halides is 1. The van der Waals surface area contributed by atoms with Crippen LogP contribution in [0.5, 0.6) is 11.5 Å². The van der Waals surface area contributed by atoms with E-state index in [1.807, 2.05) is 48.7 Å². The number of nitriles is 1. The van der Waals surface area contributed by atoms with Crippen molar-refractivity contribution in [3.8, 4) is 17.6 Å². The minimum Gasteiger partial charge on any atom is -0.491 e. The van der Waals surface area contributed by atoms with E-state index < -0.39 is 5.41 Å². The monoisotopic (exact) mass is 516 g/mol. The van der Waals surface area contributed by atoms with Crippen LogP contribution in [0.2, 0.25) is 5.02 Å². The highest BCUT2D eigenvalue weighted by atomic mass is 35.5. The third-order valence-electron chi connectivity index (χ3n) is 5.28. The van der Waals surface area contributed by atoms with Crippen molar-refractivity contribution in [1.29, 1.82) is 5.26 Å². The lowest BCUT2D eigenvalue weighted by Gasteiger charge is -2.27. The third kappa shape index (κ3) is 6.47. The van der Waals surface area contributed by atoms with E-state index in [1.54, 1.807) is 6.20 Å². The Morgan fingerprint density at radius 2 is 1.88 bits per heavy atom. The van der Waals surface area contributed by atoms with Crippen molar-refractivity contribution in [2.75, 3.05) is 23.5 Å². The molecule has 1 heterocycles. The van der Waals surface area contributed by atoms with Crippen LogP contribution in [-0.4, -0.2) is 28.7 Å². The van der Waals surface area contributed by atoms with Crippen LogP contribution in [0.3, 0.4) is 0 Å². The van der Waals surface area contributed by atoms with Crippen LogP contribution in [0.4, 0.5) is 5.95 Å². The molecule has 6 nitrogen and oxygen atoms in total. The van der Waals surface area contributed by atoms with E-state index in [-0.39, 0.29) is 0 Å². The Hall–Kier alpha value is -2.66. The van der Waals surface area contributed by atoms with E-state index in [0.717, 1.165) is 22.6 Å². The highest BCUT2D eigenvalue weighted by molar-refractivity contribution is 7.99. The molecule has 0 fully saturated rings. The number of halogens is 2. The van der Waals surface area contributed by atoms with Crippen molar-refractivity contribution >= 4 is 41.1 Å². The number of hydrogen-bond acceptors (Lipinski definition) is 7. The second kappa shape index (κ2) is 12.2. The first-order valence-corrected chi connectivity index (χ1v) is 12.8. The summed E-state index contributed by atoms with van der Waals surface area (Å²) in [5.41, 5.74) is 2.77. The molecule has 2 aromatic carbocycles. The van der Waals surface area contributed by atoms with E-state index >= 15 is 0 Å². The van der Waals surface area contributed by atoms with Gasteiger partial charge in [0.1, 0.15) is 18.4 Å². The Morgan fingerprint density at radius 3 is 2.56 bits per heavy atom. The van der Waals surface area contributed by atoms with Gasteiger partial charge in [0.05, 0.1) is 22.9 Å². The van der Waals surface area contributed by atoms with E-state index in [0.29, 0.717) is 47.8 Å². The number of nitrogens with one attached hydrogen (secondary N) is 1. The predicted octanol–water partition coefficient (Wildman–Crippen LogP) is 6.60. The number of benzene rings is 2. The zero-order valence-electron chi connectivity index (χ0n) is 19.3. The Balaban J connectivity index is 1.75. The van der Waals surface area contributed by atoms with Crippen LogP contribution in [-0.2, 0) is 12.0 Å². The van der Waals surface area contributed by atoms with Crippen molar-refractivity contribution in [3.05, 3.63) is 76.1 Å². The van der Waals surface area contributed by atoms with Gasteiger partial charge in [-0.3, -0.25) is 4.72 Å². The summed E-state index contributed by atoms with van der Waals surface area (Å²) in [7, 11) is 0. The highest BCUT2D eigenvalue weighted by Crippen LogP contribution is 2.38. The maximum absolute atomic E-state index is 9.65. The molecule has 0 amide bonds. The zero-order valence-corrected chi connectivity index (χ0v) is 21.6. The molecule has 0 saturated carbocycles. The summed E-state index contributed by atoms with van der Waals surface area (Å²) >= 11 is 13.6. The van der Waals surface area contributed by atoms with Gasteiger partial charge in [0.25, 0.3) is 0 Å². The number of hydrogen-bond donors (Lipinski definition) is 1. The van der Waals surface area contributed by atoms with Crippen molar-refractivity contribution in [2.45, 2.75) is 32.3 Å². The van der Waals surface area contributed by atoms with Crippen LogP contribution in [0.25, 0.3) is 0 Å². The van der Waals surface area contributed by atoms with Gasteiger partial charge in [-0.25, -0.2) is 9.97 Å². The first-order valence-electron chi connectivity index (χ1n) is 10.7. The standard InChI is InChI=1S/C25H26Cl2N4O2S/c1-25(2,19-13-17(15-28)23(22(27)14-19)32-12-4-10-26)18-5-7-21(8-6-18)33-16-20-9-11-29-24(30-20)31-34-3/h5-9,11,13-14H,4,10,12,16H2,1-3H3,(H,29,30,31). The van der Waals surface area contributed by atoms with Crippen LogP contribution in [0.15, 0.2) is 48.7 Å². The Morgan fingerprint density at radius 1 is 1.12 bits per heavy atom. The minimum atomic E-state index is -0.395. The zero-order chi connectivity index (χ0) is 24.6. The summed E-state index contributed by atoms with van der Waals surface area (Å²) < 4.78 is 14.6. The molecule has 3 aromatic rings. The summed E-state index contributed by atoms with van der Waals surface area (Å²) in [6.45, 7) is 4.92. The molecule has 0 aliphatic rings. The smallest absolute Gasteiger partial charge is 0.233 e. The molecule has 34 heavy (non-hydrogen) atoms. The normalized spacial score (nSPS) is 11.1. The lowest BCUT2D eigenvalue weighted by Crippen LogP contribution is -2.19. The van der Waals surface area contributed by atoms with E-state index in [9.17, 15) is 5.26 Å². The molecule has 0 aliphatic heterocycles. The van der Waals surface area contributed by atoms with Gasteiger partial charge in [-0.15, -0.1) is 11.6 Å². The third-order valence-corrected chi connectivity index (χ3v) is 6.21. The van der Waals surface area contributed by atoms with Gasteiger partial charge in [0, 0.05) is 23.7 Å². The first-order chi connectivity index (χ1) is 16.4. The molecule has 0 bridgehead atoms. The maximum atomic E-state index is 9.65. The molecular formula is C25H26Cl2N4O2S. The highest BCUT2D eigenvalue weighted by Gasteiger charge is 2.26. The molecule has 0 aliphatic carbocycles. The van der Waals surface area contributed by atoms with Crippen LogP contribution in [0, 0.1) is 11.3 Å².